The Kier molecular flexibility index (Phi) is 4.89. The van der Waals surface area contributed by atoms with Crippen LogP contribution in [0.5, 0.6) is 0 Å². The second-order valence-electron chi connectivity index (χ2n) is 6.34. The van der Waals surface area contributed by atoms with Crippen molar-refractivity contribution in [2.75, 3.05) is 33.2 Å². The first kappa shape index (κ1) is 14.6. The molecule has 1 aliphatic heterocycles. The Morgan fingerprint density at radius 2 is 1.81 bits per heavy atom. The van der Waals surface area contributed by atoms with E-state index in [9.17, 15) is 0 Å². The van der Waals surface area contributed by atoms with Gasteiger partial charge in [0.25, 0.3) is 0 Å². The van der Waals surface area contributed by atoms with Gasteiger partial charge >= 0.3 is 0 Å². The van der Waals surface area contributed by atoms with Crippen molar-refractivity contribution in [3.05, 3.63) is 48.0 Å². The summed E-state index contributed by atoms with van der Waals surface area (Å²) in [6.07, 6.45) is 3.81. The first-order valence-electron chi connectivity index (χ1n) is 8.19. The minimum absolute atomic E-state index is 0.878. The van der Waals surface area contributed by atoms with Gasteiger partial charge in [-0.05, 0) is 61.7 Å². The zero-order valence-electron chi connectivity index (χ0n) is 13.0. The summed E-state index contributed by atoms with van der Waals surface area (Å²) in [5.41, 5.74) is 1.48. The molecule has 2 nitrogen and oxygen atoms in total. The average Bonchev–Trinajstić information content (AvgIpc) is 2.54. The molecule has 2 aromatic rings. The normalized spacial score (nSPS) is 16.7. The lowest BCUT2D eigenvalue weighted by molar-refractivity contribution is 0.242. The smallest absolute Gasteiger partial charge is 0.00191 e. The number of hydrogen-bond donors (Lipinski definition) is 1. The molecule has 0 atom stereocenters. The maximum Gasteiger partial charge on any atom is 0.00191 e. The van der Waals surface area contributed by atoms with Crippen molar-refractivity contribution < 1.29 is 0 Å². The summed E-state index contributed by atoms with van der Waals surface area (Å²) < 4.78 is 0. The van der Waals surface area contributed by atoms with Gasteiger partial charge in [0.05, 0.1) is 0 Å². The van der Waals surface area contributed by atoms with Crippen LogP contribution < -0.4 is 5.32 Å². The number of rotatable bonds is 5. The van der Waals surface area contributed by atoms with Gasteiger partial charge in [-0.1, -0.05) is 42.5 Å². The third-order valence-electron chi connectivity index (χ3n) is 4.67. The molecule has 0 saturated carbocycles. The van der Waals surface area contributed by atoms with E-state index in [-0.39, 0.29) is 0 Å². The van der Waals surface area contributed by atoms with Gasteiger partial charge in [0, 0.05) is 13.1 Å². The van der Waals surface area contributed by atoms with Crippen LogP contribution >= 0.6 is 0 Å². The molecule has 1 N–H and O–H groups in total. The van der Waals surface area contributed by atoms with Gasteiger partial charge in [-0.2, -0.15) is 0 Å². The predicted molar refractivity (Wildman–Crippen MR) is 90.7 cm³/mol. The van der Waals surface area contributed by atoms with Crippen LogP contribution in [0.1, 0.15) is 18.4 Å². The molecule has 2 heteroatoms. The summed E-state index contributed by atoms with van der Waals surface area (Å²) in [6, 6.07) is 15.4. The van der Waals surface area contributed by atoms with Crippen LogP contribution in [0.25, 0.3) is 10.8 Å². The van der Waals surface area contributed by atoms with E-state index in [1.807, 2.05) is 0 Å². The lowest BCUT2D eigenvalue weighted by Crippen LogP contribution is -2.35. The number of piperidine rings is 1. The molecule has 21 heavy (non-hydrogen) atoms. The van der Waals surface area contributed by atoms with Crippen molar-refractivity contribution in [1.82, 2.24) is 10.2 Å². The van der Waals surface area contributed by atoms with E-state index in [1.165, 1.54) is 48.8 Å². The highest BCUT2D eigenvalue weighted by atomic mass is 15.1. The van der Waals surface area contributed by atoms with Crippen molar-refractivity contribution in [3.63, 3.8) is 0 Å². The Hall–Kier alpha value is -1.38. The SMILES string of the molecule is CN(CCc1cccc2ccccc12)CC1CCNCC1. The third kappa shape index (κ3) is 3.84. The van der Waals surface area contributed by atoms with Crippen molar-refractivity contribution in [1.29, 1.82) is 0 Å². The number of likely N-dealkylation sites (N-methyl/N-ethyl adjacent to an activating group) is 1. The van der Waals surface area contributed by atoms with Crippen LogP contribution in [0, 0.1) is 5.92 Å². The van der Waals surface area contributed by atoms with Crippen LogP contribution in [0.2, 0.25) is 0 Å². The van der Waals surface area contributed by atoms with Crippen LogP contribution in [-0.4, -0.2) is 38.1 Å². The zero-order chi connectivity index (χ0) is 14.5. The molecule has 1 fully saturated rings. The van der Waals surface area contributed by atoms with Gasteiger partial charge in [0.15, 0.2) is 0 Å². The highest BCUT2D eigenvalue weighted by Gasteiger charge is 2.14. The number of benzene rings is 2. The fourth-order valence-corrected chi connectivity index (χ4v) is 3.42. The van der Waals surface area contributed by atoms with E-state index in [1.54, 1.807) is 0 Å². The van der Waals surface area contributed by atoms with Gasteiger partial charge in [-0.25, -0.2) is 0 Å². The molecule has 0 unspecified atom stereocenters. The van der Waals surface area contributed by atoms with E-state index in [2.05, 4.69) is 59.7 Å². The Labute approximate surface area is 128 Å². The topological polar surface area (TPSA) is 15.3 Å². The van der Waals surface area contributed by atoms with E-state index < -0.39 is 0 Å². The fraction of sp³-hybridized carbons (Fsp3) is 0.474. The first-order valence-corrected chi connectivity index (χ1v) is 8.19. The summed E-state index contributed by atoms with van der Waals surface area (Å²) in [4.78, 5) is 2.51. The molecule has 0 amide bonds. The molecular weight excluding hydrogens is 256 g/mol. The molecule has 0 radical (unpaired) electrons. The van der Waals surface area contributed by atoms with Crippen LogP contribution in [0.4, 0.5) is 0 Å². The zero-order valence-corrected chi connectivity index (χ0v) is 13.0. The molecule has 0 aliphatic carbocycles. The molecular formula is C19H26N2. The van der Waals surface area contributed by atoms with Crippen LogP contribution in [-0.2, 0) is 6.42 Å². The molecule has 0 aromatic heterocycles. The Bertz CT molecular complexity index is 567. The number of hydrogen-bond acceptors (Lipinski definition) is 2. The summed E-state index contributed by atoms with van der Waals surface area (Å²) in [7, 11) is 2.27. The van der Waals surface area contributed by atoms with E-state index >= 15 is 0 Å². The van der Waals surface area contributed by atoms with Crippen molar-refractivity contribution in [2.24, 2.45) is 5.92 Å². The monoisotopic (exact) mass is 282 g/mol. The number of nitrogens with one attached hydrogen (secondary N) is 1. The van der Waals surface area contributed by atoms with E-state index in [0.29, 0.717) is 0 Å². The molecule has 1 saturated heterocycles. The maximum atomic E-state index is 3.45. The summed E-state index contributed by atoms with van der Waals surface area (Å²) in [5, 5.41) is 6.22. The average molecular weight is 282 g/mol. The number of nitrogens with zero attached hydrogens (tertiary/aromatic N) is 1. The Morgan fingerprint density at radius 1 is 1.05 bits per heavy atom. The van der Waals surface area contributed by atoms with E-state index in [0.717, 1.165) is 18.9 Å². The first-order chi connectivity index (χ1) is 10.3. The van der Waals surface area contributed by atoms with Gasteiger partial charge in [-0.3, -0.25) is 0 Å². The minimum atomic E-state index is 0.878. The minimum Gasteiger partial charge on any atom is -0.317 e. The highest BCUT2D eigenvalue weighted by Crippen LogP contribution is 2.19. The summed E-state index contributed by atoms with van der Waals surface area (Å²) in [6.45, 7) is 4.79. The van der Waals surface area contributed by atoms with Gasteiger partial charge in [0.1, 0.15) is 0 Å². The van der Waals surface area contributed by atoms with Crippen LogP contribution in [0.3, 0.4) is 0 Å². The molecule has 3 rings (SSSR count). The molecule has 112 valence electrons. The van der Waals surface area contributed by atoms with Crippen molar-refractivity contribution >= 4 is 10.8 Å². The van der Waals surface area contributed by atoms with Gasteiger partial charge in [0.2, 0.25) is 0 Å². The molecule has 1 heterocycles. The summed E-state index contributed by atoms with van der Waals surface area (Å²) in [5.74, 6) is 0.878. The largest absolute Gasteiger partial charge is 0.317 e. The molecule has 0 spiro atoms. The van der Waals surface area contributed by atoms with Crippen molar-refractivity contribution in [3.8, 4) is 0 Å². The van der Waals surface area contributed by atoms with Crippen molar-refractivity contribution in [2.45, 2.75) is 19.3 Å². The Morgan fingerprint density at radius 3 is 2.67 bits per heavy atom. The van der Waals surface area contributed by atoms with Gasteiger partial charge in [-0.15, -0.1) is 0 Å². The van der Waals surface area contributed by atoms with E-state index in [4.69, 9.17) is 0 Å². The standard InChI is InChI=1S/C19H26N2/c1-21(15-16-9-12-20-13-10-16)14-11-18-7-4-6-17-5-2-3-8-19(17)18/h2-8,16,20H,9-15H2,1H3. The molecule has 1 aliphatic rings. The lowest BCUT2D eigenvalue weighted by atomic mass is 9.97. The van der Waals surface area contributed by atoms with Gasteiger partial charge < -0.3 is 10.2 Å². The summed E-state index contributed by atoms with van der Waals surface area (Å²) >= 11 is 0. The van der Waals surface area contributed by atoms with Crippen LogP contribution in [0.15, 0.2) is 42.5 Å². The number of fused-ring (bicyclic) bond motifs is 1. The fourth-order valence-electron chi connectivity index (χ4n) is 3.42. The molecule has 2 aromatic carbocycles. The predicted octanol–water partition coefficient (Wildman–Crippen LogP) is 3.31. The molecule has 0 bridgehead atoms. The third-order valence-corrected chi connectivity index (χ3v) is 4.67. The maximum absolute atomic E-state index is 3.45. The Balaban J connectivity index is 1.58. The lowest BCUT2D eigenvalue weighted by Gasteiger charge is -2.27. The highest BCUT2D eigenvalue weighted by molar-refractivity contribution is 5.85. The second-order valence-corrected chi connectivity index (χ2v) is 6.34. The quantitative estimate of drug-likeness (QED) is 0.905. The second kappa shape index (κ2) is 7.06.